The average molecular weight is 428 g/mol. The largest absolute Gasteiger partial charge is 0.462 e. The normalized spacial score (nSPS) is 12.4. The number of nitrogens with one attached hydrogen (secondary N) is 1. The summed E-state index contributed by atoms with van der Waals surface area (Å²) in [5.74, 6) is -0.148. The minimum Gasteiger partial charge on any atom is -0.462 e. The minimum absolute atomic E-state index is 0.0455. The summed E-state index contributed by atoms with van der Waals surface area (Å²) in [6, 6.07) is 0. The Labute approximate surface area is 186 Å². The van der Waals surface area contributed by atoms with Gasteiger partial charge in [0.2, 0.25) is 0 Å². The van der Waals surface area contributed by atoms with Gasteiger partial charge in [0.25, 0.3) is 0 Å². The first kappa shape index (κ1) is 28.7. The van der Waals surface area contributed by atoms with Gasteiger partial charge in [-0.3, -0.25) is 4.79 Å². The lowest BCUT2D eigenvalue weighted by Crippen LogP contribution is -2.33. The van der Waals surface area contributed by atoms with Crippen molar-refractivity contribution in [3.63, 3.8) is 0 Å². The van der Waals surface area contributed by atoms with Crippen LogP contribution in [-0.4, -0.2) is 30.3 Å². The second kappa shape index (κ2) is 18.5. The van der Waals surface area contributed by atoms with Crippen molar-refractivity contribution in [2.45, 2.75) is 143 Å². The van der Waals surface area contributed by atoms with Gasteiger partial charge in [-0.1, -0.05) is 71.6 Å². The lowest BCUT2D eigenvalue weighted by atomic mass is 10.0. The first-order chi connectivity index (χ1) is 14.3. The van der Waals surface area contributed by atoms with Crippen molar-refractivity contribution in [2.24, 2.45) is 0 Å². The molecule has 0 radical (unpaired) electrons. The molecule has 1 amide bonds. The zero-order valence-corrected chi connectivity index (χ0v) is 20.5. The molecule has 5 heteroatoms. The zero-order valence-electron chi connectivity index (χ0n) is 20.5. The molecular weight excluding hydrogens is 378 g/mol. The van der Waals surface area contributed by atoms with E-state index in [1.165, 1.54) is 57.8 Å². The standard InChI is InChI=1S/C25H49NO4/c1-6-8-10-12-14-16-19-22(18-15-13-11-9-7-2)29-23(27)20-17-21-26-24(28)30-25(3,4)5/h22H,6-21H2,1-5H3,(H,26,28). The summed E-state index contributed by atoms with van der Waals surface area (Å²) < 4.78 is 11.0. The number of carbonyl (C=O) groups excluding carboxylic acids is 2. The van der Waals surface area contributed by atoms with Crippen LogP contribution < -0.4 is 5.32 Å². The molecule has 0 aliphatic rings. The summed E-state index contributed by atoms with van der Waals surface area (Å²) in [6.07, 6.45) is 16.1. The molecule has 0 rings (SSSR count). The van der Waals surface area contributed by atoms with Gasteiger partial charge < -0.3 is 14.8 Å². The quantitative estimate of drug-likeness (QED) is 0.184. The van der Waals surface area contributed by atoms with Crippen molar-refractivity contribution >= 4 is 12.1 Å². The van der Waals surface area contributed by atoms with E-state index in [4.69, 9.17) is 9.47 Å². The lowest BCUT2D eigenvalue weighted by molar-refractivity contribution is -0.150. The van der Waals surface area contributed by atoms with E-state index in [1.54, 1.807) is 0 Å². The number of amides is 1. The first-order valence-corrected chi connectivity index (χ1v) is 12.4. The molecule has 1 N–H and O–H groups in total. The molecule has 0 saturated carbocycles. The van der Waals surface area contributed by atoms with Crippen molar-refractivity contribution in [2.75, 3.05) is 6.54 Å². The average Bonchev–Trinajstić information content (AvgIpc) is 2.66. The molecule has 0 aromatic rings. The van der Waals surface area contributed by atoms with Crippen LogP contribution in [0.1, 0.15) is 131 Å². The van der Waals surface area contributed by atoms with E-state index in [9.17, 15) is 9.59 Å². The van der Waals surface area contributed by atoms with Crippen molar-refractivity contribution in [3.8, 4) is 0 Å². The fraction of sp³-hybridized carbons (Fsp3) is 0.920. The fourth-order valence-corrected chi connectivity index (χ4v) is 3.37. The van der Waals surface area contributed by atoms with Crippen LogP contribution in [0.5, 0.6) is 0 Å². The SMILES string of the molecule is CCCCCCCCC(CCCCCCC)OC(=O)CCCNC(=O)OC(C)(C)C. The Hall–Kier alpha value is -1.26. The number of hydrogen-bond donors (Lipinski definition) is 1. The van der Waals surface area contributed by atoms with Gasteiger partial charge in [-0.15, -0.1) is 0 Å². The Morgan fingerprint density at radius 2 is 1.27 bits per heavy atom. The zero-order chi connectivity index (χ0) is 22.7. The molecule has 1 atom stereocenters. The molecule has 0 aliphatic carbocycles. The highest BCUT2D eigenvalue weighted by Crippen LogP contribution is 2.17. The highest BCUT2D eigenvalue weighted by atomic mass is 16.6. The molecule has 1 unspecified atom stereocenters. The molecule has 0 aliphatic heterocycles. The van der Waals surface area contributed by atoms with E-state index < -0.39 is 11.7 Å². The summed E-state index contributed by atoms with van der Waals surface area (Å²) in [4.78, 5) is 23.9. The van der Waals surface area contributed by atoms with E-state index in [1.807, 2.05) is 20.8 Å². The summed E-state index contributed by atoms with van der Waals surface area (Å²) in [5, 5.41) is 2.69. The maximum atomic E-state index is 12.3. The van der Waals surface area contributed by atoms with Crippen LogP contribution in [0.4, 0.5) is 4.79 Å². The van der Waals surface area contributed by atoms with Gasteiger partial charge in [-0.05, 0) is 52.9 Å². The maximum Gasteiger partial charge on any atom is 0.407 e. The van der Waals surface area contributed by atoms with Crippen molar-refractivity contribution in [3.05, 3.63) is 0 Å². The molecule has 0 bridgehead atoms. The molecule has 0 heterocycles. The predicted molar refractivity (Wildman–Crippen MR) is 125 cm³/mol. The van der Waals surface area contributed by atoms with Crippen LogP contribution in [0, 0.1) is 0 Å². The van der Waals surface area contributed by atoms with Crippen molar-refractivity contribution in [1.29, 1.82) is 0 Å². The Morgan fingerprint density at radius 1 is 0.767 bits per heavy atom. The number of alkyl carbamates (subject to hydrolysis) is 1. The van der Waals surface area contributed by atoms with E-state index in [-0.39, 0.29) is 12.1 Å². The molecule has 0 fully saturated rings. The second-order valence-electron chi connectivity index (χ2n) is 9.40. The lowest BCUT2D eigenvalue weighted by Gasteiger charge is -2.20. The summed E-state index contributed by atoms with van der Waals surface area (Å²) in [7, 11) is 0. The third kappa shape index (κ3) is 20.0. The number of unbranched alkanes of at least 4 members (excludes halogenated alkanes) is 9. The monoisotopic (exact) mass is 427 g/mol. The predicted octanol–water partition coefficient (Wildman–Crippen LogP) is 7.31. The van der Waals surface area contributed by atoms with Gasteiger partial charge in [0.05, 0.1) is 0 Å². The Bertz CT molecular complexity index is 431. The van der Waals surface area contributed by atoms with E-state index in [2.05, 4.69) is 19.2 Å². The van der Waals surface area contributed by atoms with Crippen LogP contribution in [0.3, 0.4) is 0 Å². The molecule has 178 valence electrons. The highest BCUT2D eigenvalue weighted by Gasteiger charge is 2.17. The van der Waals surface area contributed by atoms with Crippen LogP contribution in [0.25, 0.3) is 0 Å². The first-order valence-electron chi connectivity index (χ1n) is 12.4. The number of carbonyl (C=O) groups is 2. The van der Waals surface area contributed by atoms with Gasteiger partial charge in [0, 0.05) is 13.0 Å². The molecule has 30 heavy (non-hydrogen) atoms. The van der Waals surface area contributed by atoms with Crippen LogP contribution in [0.15, 0.2) is 0 Å². The highest BCUT2D eigenvalue weighted by molar-refractivity contribution is 5.70. The van der Waals surface area contributed by atoms with Crippen LogP contribution >= 0.6 is 0 Å². The third-order valence-corrected chi connectivity index (χ3v) is 5.03. The number of hydrogen-bond acceptors (Lipinski definition) is 4. The Balaban J connectivity index is 4.14. The molecular formula is C25H49NO4. The fourth-order valence-electron chi connectivity index (χ4n) is 3.37. The Kier molecular flexibility index (Phi) is 17.7. The van der Waals surface area contributed by atoms with Crippen molar-refractivity contribution < 1.29 is 19.1 Å². The minimum atomic E-state index is -0.510. The number of ether oxygens (including phenoxy) is 2. The van der Waals surface area contributed by atoms with E-state index >= 15 is 0 Å². The number of esters is 1. The van der Waals surface area contributed by atoms with Gasteiger partial charge >= 0.3 is 12.1 Å². The van der Waals surface area contributed by atoms with Gasteiger partial charge in [0.15, 0.2) is 0 Å². The van der Waals surface area contributed by atoms with Crippen molar-refractivity contribution in [1.82, 2.24) is 5.32 Å². The molecule has 0 spiro atoms. The molecule has 0 saturated heterocycles. The smallest absolute Gasteiger partial charge is 0.407 e. The van der Waals surface area contributed by atoms with E-state index in [0.29, 0.717) is 19.4 Å². The van der Waals surface area contributed by atoms with Gasteiger partial charge in [0.1, 0.15) is 11.7 Å². The third-order valence-electron chi connectivity index (χ3n) is 5.03. The van der Waals surface area contributed by atoms with Crippen LogP contribution in [-0.2, 0) is 14.3 Å². The summed E-state index contributed by atoms with van der Waals surface area (Å²) in [5.41, 5.74) is -0.510. The summed E-state index contributed by atoms with van der Waals surface area (Å²) in [6.45, 7) is 10.4. The molecule has 0 aromatic carbocycles. The Morgan fingerprint density at radius 3 is 1.77 bits per heavy atom. The number of rotatable bonds is 18. The second-order valence-corrected chi connectivity index (χ2v) is 9.40. The van der Waals surface area contributed by atoms with E-state index in [0.717, 1.165) is 25.7 Å². The molecule has 5 nitrogen and oxygen atoms in total. The maximum absolute atomic E-state index is 12.3. The van der Waals surface area contributed by atoms with Gasteiger partial charge in [-0.2, -0.15) is 0 Å². The topological polar surface area (TPSA) is 64.6 Å². The molecule has 0 aromatic heterocycles. The summed E-state index contributed by atoms with van der Waals surface area (Å²) >= 11 is 0. The van der Waals surface area contributed by atoms with Crippen LogP contribution in [0.2, 0.25) is 0 Å². The van der Waals surface area contributed by atoms with Gasteiger partial charge in [-0.25, -0.2) is 4.79 Å².